The first kappa shape index (κ1) is 12.9. The molecule has 3 heteroatoms. The number of nitrogens with zero attached hydrogens (tertiary/aromatic N) is 2. The van der Waals surface area contributed by atoms with Crippen LogP contribution in [0.3, 0.4) is 0 Å². The van der Waals surface area contributed by atoms with Crippen molar-refractivity contribution in [2.24, 2.45) is 7.05 Å². The Morgan fingerprint density at radius 3 is 2.40 bits per heavy atom. The fourth-order valence-corrected chi connectivity index (χ4v) is 2.52. The number of hydrogen-bond acceptors (Lipinski definition) is 2. The topological polar surface area (TPSA) is 29.9 Å². The Morgan fingerprint density at radius 1 is 1.00 bits per heavy atom. The molecule has 0 atom stereocenters. The van der Waals surface area contributed by atoms with Gasteiger partial charge in [-0.2, -0.15) is 0 Å². The molecule has 0 spiro atoms. The molecular formula is C17H19N3. The van der Waals surface area contributed by atoms with Crippen LogP contribution in [0.5, 0.6) is 0 Å². The summed E-state index contributed by atoms with van der Waals surface area (Å²) in [7, 11) is 4.05. The van der Waals surface area contributed by atoms with E-state index in [0.717, 1.165) is 24.3 Å². The molecule has 0 aliphatic carbocycles. The van der Waals surface area contributed by atoms with Crippen molar-refractivity contribution in [2.75, 3.05) is 7.05 Å². The van der Waals surface area contributed by atoms with E-state index in [1.807, 2.05) is 13.1 Å². The largest absolute Gasteiger partial charge is 0.331 e. The van der Waals surface area contributed by atoms with Crippen LogP contribution in [0.15, 0.2) is 48.5 Å². The van der Waals surface area contributed by atoms with Crippen LogP contribution in [0.2, 0.25) is 0 Å². The zero-order valence-corrected chi connectivity index (χ0v) is 11.9. The predicted octanol–water partition coefficient (Wildman–Crippen LogP) is 2.88. The summed E-state index contributed by atoms with van der Waals surface area (Å²) in [5.41, 5.74) is 4.86. The number of fused-ring (bicyclic) bond motifs is 1. The Kier molecular flexibility index (Phi) is 3.52. The maximum absolute atomic E-state index is 4.72. The van der Waals surface area contributed by atoms with Gasteiger partial charge < -0.3 is 9.88 Å². The van der Waals surface area contributed by atoms with Gasteiger partial charge in [0.2, 0.25) is 0 Å². The van der Waals surface area contributed by atoms with E-state index in [9.17, 15) is 0 Å². The Balaban J connectivity index is 1.87. The second kappa shape index (κ2) is 5.47. The Bertz CT molecular complexity index is 711. The highest BCUT2D eigenvalue weighted by Gasteiger charge is 2.07. The zero-order chi connectivity index (χ0) is 13.9. The van der Waals surface area contributed by atoms with Gasteiger partial charge in [0, 0.05) is 20.0 Å². The number of hydrogen-bond donors (Lipinski definition) is 1. The van der Waals surface area contributed by atoms with Crippen molar-refractivity contribution in [2.45, 2.75) is 13.0 Å². The van der Waals surface area contributed by atoms with Crippen molar-refractivity contribution in [3.8, 4) is 0 Å². The Hall–Kier alpha value is -2.13. The highest BCUT2D eigenvalue weighted by atomic mass is 15.1. The third-order valence-electron chi connectivity index (χ3n) is 3.65. The lowest BCUT2D eigenvalue weighted by molar-refractivity contribution is 0.815. The van der Waals surface area contributed by atoms with Gasteiger partial charge in [-0.15, -0.1) is 0 Å². The van der Waals surface area contributed by atoms with Crippen LogP contribution in [-0.2, 0) is 20.0 Å². The van der Waals surface area contributed by atoms with Crippen LogP contribution in [-0.4, -0.2) is 16.6 Å². The van der Waals surface area contributed by atoms with Gasteiger partial charge in [0.25, 0.3) is 0 Å². The number of aromatic nitrogens is 2. The van der Waals surface area contributed by atoms with E-state index >= 15 is 0 Å². The average Bonchev–Trinajstić information content (AvgIpc) is 2.79. The van der Waals surface area contributed by atoms with Crippen LogP contribution in [0.25, 0.3) is 11.0 Å². The van der Waals surface area contributed by atoms with Gasteiger partial charge in [-0.3, -0.25) is 0 Å². The molecule has 1 N–H and O–H groups in total. The number of benzene rings is 2. The molecule has 0 saturated carbocycles. The van der Waals surface area contributed by atoms with Crippen LogP contribution in [0.1, 0.15) is 17.0 Å². The molecule has 3 aromatic rings. The molecule has 0 aliphatic rings. The van der Waals surface area contributed by atoms with Crippen molar-refractivity contribution in [1.29, 1.82) is 0 Å². The lowest BCUT2D eigenvalue weighted by Gasteiger charge is -2.05. The standard InChI is InChI=1S/C17H19N3/c1-18-12-14-9-7-13(8-10-14)11-17-19-15-5-3-4-6-16(15)20(17)2/h3-10,18H,11-12H2,1-2H3. The molecule has 0 fully saturated rings. The summed E-state index contributed by atoms with van der Waals surface area (Å²) in [6.07, 6.45) is 0.866. The molecule has 0 radical (unpaired) electrons. The van der Waals surface area contributed by atoms with Crippen LogP contribution in [0.4, 0.5) is 0 Å². The minimum absolute atomic E-state index is 0.866. The first-order chi connectivity index (χ1) is 9.78. The number of imidazole rings is 1. The summed E-state index contributed by atoms with van der Waals surface area (Å²) in [5, 5.41) is 3.16. The van der Waals surface area contributed by atoms with Crippen molar-refractivity contribution in [1.82, 2.24) is 14.9 Å². The molecule has 1 aromatic heterocycles. The fourth-order valence-electron chi connectivity index (χ4n) is 2.52. The van der Waals surface area contributed by atoms with E-state index in [1.54, 1.807) is 0 Å². The van der Waals surface area contributed by atoms with E-state index in [-0.39, 0.29) is 0 Å². The minimum Gasteiger partial charge on any atom is -0.331 e. The molecule has 1 heterocycles. The van der Waals surface area contributed by atoms with Gasteiger partial charge in [0.05, 0.1) is 11.0 Å². The van der Waals surface area contributed by atoms with Crippen LogP contribution < -0.4 is 5.32 Å². The molecule has 0 aliphatic heterocycles. The van der Waals surface area contributed by atoms with E-state index in [4.69, 9.17) is 4.98 Å². The smallest absolute Gasteiger partial charge is 0.114 e. The predicted molar refractivity (Wildman–Crippen MR) is 82.7 cm³/mol. The first-order valence-corrected chi connectivity index (χ1v) is 6.90. The fraction of sp³-hybridized carbons (Fsp3) is 0.235. The zero-order valence-electron chi connectivity index (χ0n) is 11.9. The lowest BCUT2D eigenvalue weighted by Crippen LogP contribution is -2.05. The van der Waals surface area contributed by atoms with Crippen LogP contribution in [0, 0.1) is 0 Å². The van der Waals surface area contributed by atoms with Crippen molar-refractivity contribution in [3.63, 3.8) is 0 Å². The highest BCUT2D eigenvalue weighted by Crippen LogP contribution is 2.17. The Morgan fingerprint density at radius 2 is 1.70 bits per heavy atom. The van der Waals surface area contributed by atoms with Crippen molar-refractivity contribution < 1.29 is 0 Å². The van der Waals surface area contributed by atoms with E-state index in [1.165, 1.54) is 16.6 Å². The van der Waals surface area contributed by atoms with Crippen molar-refractivity contribution >= 4 is 11.0 Å². The second-order valence-electron chi connectivity index (χ2n) is 5.10. The number of aryl methyl sites for hydroxylation is 1. The average molecular weight is 265 g/mol. The van der Waals surface area contributed by atoms with E-state index < -0.39 is 0 Å². The van der Waals surface area contributed by atoms with Gasteiger partial charge >= 0.3 is 0 Å². The molecule has 20 heavy (non-hydrogen) atoms. The van der Waals surface area contributed by atoms with Gasteiger partial charge in [-0.05, 0) is 30.3 Å². The van der Waals surface area contributed by atoms with E-state index in [0.29, 0.717) is 0 Å². The third kappa shape index (κ3) is 2.45. The molecule has 3 nitrogen and oxygen atoms in total. The molecule has 3 rings (SSSR count). The molecular weight excluding hydrogens is 246 g/mol. The van der Waals surface area contributed by atoms with Crippen molar-refractivity contribution in [3.05, 3.63) is 65.5 Å². The van der Waals surface area contributed by atoms with Gasteiger partial charge in [-0.25, -0.2) is 4.98 Å². The summed E-state index contributed by atoms with van der Waals surface area (Å²) in [6.45, 7) is 0.909. The lowest BCUT2D eigenvalue weighted by atomic mass is 10.1. The molecule has 0 saturated heterocycles. The number of rotatable bonds is 4. The summed E-state index contributed by atoms with van der Waals surface area (Å²) in [4.78, 5) is 4.72. The monoisotopic (exact) mass is 265 g/mol. The third-order valence-corrected chi connectivity index (χ3v) is 3.65. The summed E-state index contributed by atoms with van der Waals surface area (Å²) < 4.78 is 2.18. The molecule has 102 valence electrons. The second-order valence-corrected chi connectivity index (χ2v) is 5.10. The SMILES string of the molecule is CNCc1ccc(Cc2nc3ccccc3n2C)cc1. The summed E-state index contributed by atoms with van der Waals surface area (Å²) >= 11 is 0. The maximum Gasteiger partial charge on any atom is 0.114 e. The van der Waals surface area contributed by atoms with Crippen LogP contribution >= 0.6 is 0 Å². The normalized spacial score (nSPS) is 11.1. The van der Waals surface area contributed by atoms with Gasteiger partial charge in [-0.1, -0.05) is 36.4 Å². The summed E-state index contributed by atoms with van der Waals surface area (Å²) in [6, 6.07) is 17.0. The first-order valence-electron chi connectivity index (χ1n) is 6.90. The molecule has 0 unspecified atom stereocenters. The quantitative estimate of drug-likeness (QED) is 0.786. The number of nitrogens with one attached hydrogen (secondary N) is 1. The number of para-hydroxylation sites is 2. The highest BCUT2D eigenvalue weighted by molar-refractivity contribution is 5.75. The van der Waals surface area contributed by atoms with Gasteiger partial charge in [0.1, 0.15) is 5.82 Å². The molecule has 0 amide bonds. The minimum atomic E-state index is 0.866. The summed E-state index contributed by atoms with van der Waals surface area (Å²) in [5.74, 6) is 1.10. The van der Waals surface area contributed by atoms with E-state index in [2.05, 4.69) is 59.4 Å². The Labute approximate surface area is 119 Å². The van der Waals surface area contributed by atoms with Gasteiger partial charge in [0.15, 0.2) is 0 Å². The molecule has 0 bridgehead atoms. The molecule has 2 aromatic carbocycles. The maximum atomic E-state index is 4.72.